The van der Waals surface area contributed by atoms with Gasteiger partial charge in [-0.25, -0.2) is 4.98 Å². The fraction of sp³-hybridized carbons (Fsp3) is 0.700. The topological polar surface area (TPSA) is 24.9 Å². The van der Waals surface area contributed by atoms with Crippen molar-refractivity contribution in [2.24, 2.45) is 5.92 Å². The minimum atomic E-state index is 0.660. The van der Waals surface area contributed by atoms with Crippen LogP contribution in [0.4, 0.5) is 0 Å². The van der Waals surface area contributed by atoms with Gasteiger partial charge < -0.3 is 5.32 Å². The molecule has 2 rings (SSSR count). The Labute approximate surface area is 104 Å². The number of hydrogen-bond acceptors (Lipinski definition) is 4. The summed E-state index contributed by atoms with van der Waals surface area (Å²) in [6, 6.07) is 0. The molecule has 0 atom stereocenters. The molecule has 2 heterocycles. The minimum Gasteiger partial charge on any atom is -0.317 e. The van der Waals surface area contributed by atoms with Crippen molar-refractivity contribution < 1.29 is 0 Å². The van der Waals surface area contributed by atoms with Crippen molar-refractivity contribution in [3.8, 4) is 0 Å². The van der Waals surface area contributed by atoms with Crippen molar-refractivity contribution in [1.29, 1.82) is 0 Å². The van der Waals surface area contributed by atoms with Gasteiger partial charge in [-0.05, 0) is 37.6 Å². The van der Waals surface area contributed by atoms with Gasteiger partial charge >= 0.3 is 0 Å². The number of nitrogens with zero attached hydrogens (tertiary/aromatic N) is 1. The van der Waals surface area contributed by atoms with Crippen molar-refractivity contribution in [3.05, 3.63) is 15.5 Å². The number of piperidine rings is 1. The summed E-state index contributed by atoms with van der Waals surface area (Å²) in [5.74, 6) is 3.24. The van der Waals surface area contributed by atoms with Gasteiger partial charge in [0.25, 0.3) is 0 Å². The summed E-state index contributed by atoms with van der Waals surface area (Å²) in [5, 5.41) is 3.39. The normalized spacial score (nSPS) is 18.2. The maximum absolute atomic E-state index is 5.78. The SMILES string of the molecule is Clc1ncc(CSCC2CCNCC2)s1. The lowest BCUT2D eigenvalue weighted by Crippen LogP contribution is -2.28. The smallest absolute Gasteiger partial charge is 0.183 e. The first-order chi connectivity index (χ1) is 7.34. The van der Waals surface area contributed by atoms with Crippen LogP contribution in [-0.2, 0) is 5.75 Å². The van der Waals surface area contributed by atoms with E-state index >= 15 is 0 Å². The van der Waals surface area contributed by atoms with Crippen molar-refractivity contribution in [2.75, 3.05) is 18.8 Å². The second-order valence-corrected chi connectivity index (χ2v) is 6.52. The second-order valence-electron chi connectivity index (χ2n) is 3.79. The summed E-state index contributed by atoms with van der Waals surface area (Å²) in [5.41, 5.74) is 0. The van der Waals surface area contributed by atoms with Crippen LogP contribution in [0.2, 0.25) is 4.47 Å². The van der Waals surface area contributed by atoms with E-state index in [9.17, 15) is 0 Å². The van der Waals surface area contributed by atoms with Crippen LogP contribution in [0.3, 0.4) is 0 Å². The van der Waals surface area contributed by atoms with Crippen LogP contribution >= 0.6 is 34.7 Å². The van der Waals surface area contributed by atoms with E-state index in [-0.39, 0.29) is 0 Å². The minimum absolute atomic E-state index is 0.660. The van der Waals surface area contributed by atoms with Gasteiger partial charge in [-0.2, -0.15) is 11.8 Å². The number of halogens is 1. The molecular formula is C10H15ClN2S2. The zero-order valence-corrected chi connectivity index (χ0v) is 10.9. The van der Waals surface area contributed by atoms with Crippen LogP contribution in [0.25, 0.3) is 0 Å². The van der Waals surface area contributed by atoms with E-state index in [0.717, 1.165) is 11.7 Å². The number of nitrogens with one attached hydrogen (secondary N) is 1. The third-order valence-electron chi connectivity index (χ3n) is 2.58. The highest BCUT2D eigenvalue weighted by Gasteiger charge is 2.12. The molecule has 0 unspecified atom stereocenters. The lowest BCUT2D eigenvalue weighted by molar-refractivity contribution is 0.408. The molecule has 15 heavy (non-hydrogen) atoms. The van der Waals surface area contributed by atoms with Crippen LogP contribution in [0, 0.1) is 5.92 Å². The van der Waals surface area contributed by atoms with Gasteiger partial charge in [-0.1, -0.05) is 11.6 Å². The largest absolute Gasteiger partial charge is 0.317 e. The van der Waals surface area contributed by atoms with Crippen molar-refractivity contribution in [1.82, 2.24) is 10.3 Å². The average molecular weight is 263 g/mol. The van der Waals surface area contributed by atoms with Crippen molar-refractivity contribution >= 4 is 34.7 Å². The molecular weight excluding hydrogens is 248 g/mol. The highest BCUT2D eigenvalue weighted by atomic mass is 35.5. The number of aromatic nitrogens is 1. The molecule has 0 saturated carbocycles. The number of rotatable bonds is 4. The van der Waals surface area contributed by atoms with Gasteiger partial charge in [0.05, 0.1) is 0 Å². The number of hydrogen-bond donors (Lipinski definition) is 1. The van der Waals surface area contributed by atoms with Crippen LogP contribution in [-0.4, -0.2) is 23.8 Å². The lowest BCUT2D eigenvalue weighted by atomic mass is 10.0. The predicted molar refractivity (Wildman–Crippen MR) is 68.9 cm³/mol. The number of thioether (sulfide) groups is 1. The molecule has 1 aliphatic rings. The first-order valence-corrected chi connectivity index (χ1v) is 7.58. The molecule has 0 aromatic carbocycles. The molecule has 0 spiro atoms. The highest BCUT2D eigenvalue weighted by Crippen LogP contribution is 2.25. The summed E-state index contributed by atoms with van der Waals surface area (Å²) < 4.78 is 0.660. The molecule has 1 aliphatic heterocycles. The molecule has 1 saturated heterocycles. The molecule has 1 fully saturated rings. The van der Waals surface area contributed by atoms with Crippen LogP contribution in [0.15, 0.2) is 6.20 Å². The molecule has 0 amide bonds. The Balaban J connectivity index is 1.65. The summed E-state index contributed by atoms with van der Waals surface area (Å²) in [4.78, 5) is 5.33. The highest BCUT2D eigenvalue weighted by molar-refractivity contribution is 7.98. The molecule has 0 aliphatic carbocycles. The first-order valence-electron chi connectivity index (χ1n) is 5.23. The lowest BCUT2D eigenvalue weighted by Gasteiger charge is -2.21. The molecule has 0 radical (unpaired) electrons. The first kappa shape index (κ1) is 11.7. The zero-order chi connectivity index (χ0) is 10.5. The molecule has 1 aromatic heterocycles. The van der Waals surface area contributed by atoms with E-state index in [1.54, 1.807) is 11.3 Å². The fourth-order valence-electron chi connectivity index (χ4n) is 1.72. The Morgan fingerprint density at radius 3 is 3.00 bits per heavy atom. The van der Waals surface area contributed by atoms with E-state index in [4.69, 9.17) is 11.6 Å². The molecule has 84 valence electrons. The predicted octanol–water partition coefficient (Wildman–Crippen LogP) is 3.03. The van der Waals surface area contributed by atoms with Crippen LogP contribution < -0.4 is 5.32 Å². The van der Waals surface area contributed by atoms with Gasteiger partial charge in [-0.3, -0.25) is 0 Å². The van der Waals surface area contributed by atoms with E-state index in [0.29, 0.717) is 4.47 Å². The van der Waals surface area contributed by atoms with E-state index < -0.39 is 0 Å². The van der Waals surface area contributed by atoms with Crippen LogP contribution in [0.5, 0.6) is 0 Å². The Morgan fingerprint density at radius 1 is 1.53 bits per heavy atom. The Bertz CT molecular complexity index is 297. The van der Waals surface area contributed by atoms with Gasteiger partial charge in [0, 0.05) is 16.8 Å². The quantitative estimate of drug-likeness (QED) is 0.903. The molecule has 0 bridgehead atoms. The Kier molecular flexibility index (Phi) is 4.75. The summed E-state index contributed by atoms with van der Waals surface area (Å²) in [6.45, 7) is 2.38. The Hall–Kier alpha value is 0.230. The maximum atomic E-state index is 5.78. The second kappa shape index (κ2) is 6.09. The fourth-order valence-corrected chi connectivity index (χ4v) is 4.04. The summed E-state index contributed by atoms with van der Waals surface area (Å²) >= 11 is 9.38. The average Bonchev–Trinajstić information content (AvgIpc) is 2.66. The zero-order valence-electron chi connectivity index (χ0n) is 8.54. The molecule has 1 aromatic rings. The monoisotopic (exact) mass is 262 g/mol. The maximum Gasteiger partial charge on any atom is 0.183 e. The molecule has 1 N–H and O–H groups in total. The van der Waals surface area contributed by atoms with Gasteiger partial charge in [-0.15, -0.1) is 11.3 Å². The van der Waals surface area contributed by atoms with E-state index in [1.807, 2.05) is 18.0 Å². The third kappa shape index (κ3) is 3.94. The van der Waals surface area contributed by atoms with E-state index in [2.05, 4.69) is 10.3 Å². The summed E-state index contributed by atoms with van der Waals surface area (Å²) in [7, 11) is 0. The van der Waals surface area contributed by atoms with Gasteiger partial charge in [0.15, 0.2) is 4.47 Å². The molecule has 2 nitrogen and oxygen atoms in total. The van der Waals surface area contributed by atoms with Gasteiger partial charge in [0.1, 0.15) is 0 Å². The van der Waals surface area contributed by atoms with Crippen LogP contribution in [0.1, 0.15) is 17.7 Å². The standard InChI is InChI=1S/C10H15ClN2S2/c11-10-13-5-9(15-10)7-14-6-8-1-3-12-4-2-8/h5,8,12H,1-4,6-7H2. The summed E-state index contributed by atoms with van der Waals surface area (Å²) in [6.07, 6.45) is 4.55. The van der Waals surface area contributed by atoms with Crippen molar-refractivity contribution in [2.45, 2.75) is 18.6 Å². The Morgan fingerprint density at radius 2 is 2.33 bits per heavy atom. The third-order valence-corrected chi connectivity index (χ3v) is 5.10. The van der Waals surface area contributed by atoms with E-state index in [1.165, 1.54) is 36.6 Å². The number of thiazole rings is 1. The van der Waals surface area contributed by atoms with Gasteiger partial charge in [0.2, 0.25) is 0 Å². The molecule has 5 heteroatoms. The van der Waals surface area contributed by atoms with Crippen molar-refractivity contribution in [3.63, 3.8) is 0 Å².